The second kappa shape index (κ2) is 6.16. The van der Waals surface area contributed by atoms with Crippen molar-refractivity contribution in [2.45, 2.75) is 23.9 Å². The van der Waals surface area contributed by atoms with E-state index in [-0.39, 0.29) is 11.2 Å². The predicted molar refractivity (Wildman–Crippen MR) is 75.3 cm³/mol. The van der Waals surface area contributed by atoms with Crippen LogP contribution in [0.4, 0.5) is 0 Å². The zero-order chi connectivity index (χ0) is 13.8. The van der Waals surface area contributed by atoms with E-state index in [4.69, 9.17) is 0 Å². The fourth-order valence-corrected chi connectivity index (χ4v) is 3.12. The van der Waals surface area contributed by atoms with Gasteiger partial charge in [-0.2, -0.15) is 0 Å². The summed E-state index contributed by atoms with van der Waals surface area (Å²) in [5, 5.41) is 14.1. The highest BCUT2D eigenvalue weighted by Crippen LogP contribution is 2.22. The molecule has 0 N–H and O–H groups in total. The summed E-state index contributed by atoms with van der Waals surface area (Å²) in [4.78, 5) is 14.6. The molecular weight excluding hydrogens is 282 g/mol. The van der Waals surface area contributed by atoms with E-state index in [0.29, 0.717) is 11.7 Å². The molecule has 8 heteroatoms. The molecule has 1 atom stereocenters. The molecule has 102 valence electrons. The van der Waals surface area contributed by atoms with Gasteiger partial charge in [-0.15, -0.1) is 16.4 Å². The van der Waals surface area contributed by atoms with Crippen LogP contribution in [0, 0.1) is 0 Å². The Hall–Kier alpha value is -1.41. The van der Waals surface area contributed by atoms with Crippen LogP contribution < -0.4 is 0 Å². The molecule has 0 aliphatic rings. The third-order valence-electron chi connectivity index (χ3n) is 2.46. The summed E-state index contributed by atoms with van der Waals surface area (Å²) in [5.41, 5.74) is 0. The summed E-state index contributed by atoms with van der Waals surface area (Å²) in [6, 6.07) is 4.03. The number of amides is 1. The maximum Gasteiger partial charge on any atom is 0.235 e. The molecule has 0 bridgehead atoms. The van der Waals surface area contributed by atoms with E-state index >= 15 is 0 Å². The number of thiophene rings is 1. The van der Waals surface area contributed by atoms with Crippen LogP contribution in [-0.4, -0.2) is 50.4 Å². The molecule has 0 saturated carbocycles. The highest BCUT2D eigenvalue weighted by atomic mass is 32.2. The maximum atomic E-state index is 11.8. The maximum absolute atomic E-state index is 11.8. The predicted octanol–water partition coefficient (Wildman–Crippen LogP) is 1.35. The first kappa shape index (κ1) is 14.0. The van der Waals surface area contributed by atoms with Crippen LogP contribution in [0.1, 0.15) is 11.8 Å². The number of tetrazole rings is 1. The number of rotatable bonds is 5. The Labute approximate surface area is 119 Å². The van der Waals surface area contributed by atoms with Gasteiger partial charge in [0.2, 0.25) is 11.1 Å². The van der Waals surface area contributed by atoms with Gasteiger partial charge in [-0.05, 0) is 28.8 Å². The van der Waals surface area contributed by atoms with Crippen molar-refractivity contribution in [3.8, 4) is 0 Å². The van der Waals surface area contributed by atoms with Gasteiger partial charge in [0.05, 0.1) is 11.8 Å². The van der Waals surface area contributed by atoms with Crippen molar-refractivity contribution in [2.75, 3.05) is 14.1 Å². The first-order valence-corrected chi connectivity index (χ1v) is 7.50. The number of thioether (sulfide) groups is 1. The molecule has 6 nitrogen and oxygen atoms in total. The summed E-state index contributed by atoms with van der Waals surface area (Å²) >= 11 is 3.03. The Kier molecular flexibility index (Phi) is 4.54. The molecule has 0 spiro atoms. The van der Waals surface area contributed by atoms with Crippen molar-refractivity contribution in [1.82, 2.24) is 25.1 Å². The topological polar surface area (TPSA) is 63.9 Å². The fourth-order valence-electron chi connectivity index (χ4n) is 1.50. The van der Waals surface area contributed by atoms with Gasteiger partial charge < -0.3 is 4.90 Å². The molecule has 2 aromatic heterocycles. The molecule has 2 heterocycles. The van der Waals surface area contributed by atoms with E-state index < -0.39 is 0 Å². The number of aromatic nitrogens is 4. The Bertz CT molecular complexity index is 537. The summed E-state index contributed by atoms with van der Waals surface area (Å²) in [6.07, 6.45) is 0. The van der Waals surface area contributed by atoms with Gasteiger partial charge >= 0.3 is 0 Å². The summed E-state index contributed by atoms with van der Waals surface area (Å²) < 4.78 is 1.72. The Morgan fingerprint density at radius 3 is 3.00 bits per heavy atom. The minimum absolute atomic E-state index is 0.0515. The second-order valence-corrected chi connectivity index (χ2v) is 6.53. The largest absolute Gasteiger partial charge is 0.348 e. The van der Waals surface area contributed by atoms with Crippen molar-refractivity contribution in [3.05, 3.63) is 22.4 Å². The second-order valence-electron chi connectivity index (χ2n) is 4.19. The lowest BCUT2D eigenvalue weighted by Crippen LogP contribution is -2.29. The third-order valence-corrected chi connectivity index (χ3v) is 4.38. The van der Waals surface area contributed by atoms with Gasteiger partial charge in [-0.1, -0.05) is 17.8 Å². The number of carbonyl (C=O) groups is 1. The zero-order valence-electron chi connectivity index (χ0n) is 11.0. The highest BCUT2D eigenvalue weighted by molar-refractivity contribution is 8.00. The summed E-state index contributed by atoms with van der Waals surface area (Å²) in [7, 11) is 3.49. The SMILES string of the molecule is C[C@@H](Sc1nnnn1Cc1cccs1)C(=O)N(C)C. The Morgan fingerprint density at radius 2 is 2.37 bits per heavy atom. The minimum atomic E-state index is -0.205. The molecule has 0 aromatic carbocycles. The molecule has 0 radical (unpaired) electrons. The Balaban J connectivity index is 2.05. The normalized spacial score (nSPS) is 12.4. The van der Waals surface area contributed by atoms with Gasteiger partial charge in [0.1, 0.15) is 0 Å². The quantitative estimate of drug-likeness (QED) is 0.780. The van der Waals surface area contributed by atoms with E-state index in [1.165, 1.54) is 16.6 Å². The van der Waals surface area contributed by atoms with Crippen molar-refractivity contribution in [2.24, 2.45) is 0 Å². The van der Waals surface area contributed by atoms with E-state index in [9.17, 15) is 4.79 Å². The van der Waals surface area contributed by atoms with Crippen LogP contribution in [0.5, 0.6) is 0 Å². The van der Waals surface area contributed by atoms with Crippen molar-refractivity contribution >= 4 is 29.0 Å². The summed E-state index contributed by atoms with van der Waals surface area (Å²) in [6.45, 7) is 2.49. The van der Waals surface area contributed by atoms with Crippen LogP contribution >= 0.6 is 23.1 Å². The van der Waals surface area contributed by atoms with Crippen LogP contribution in [0.25, 0.3) is 0 Å². The molecule has 0 saturated heterocycles. The smallest absolute Gasteiger partial charge is 0.235 e. The minimum Gasteiger partial charge on any atom is -0.348 e. The molecule has 19 heavy (non-hydrogen) atoms. The van der Waals surface area contributed by atoms with Crippen molar-refractivity contribution < 1.29 is 4.79 Å². The van der Waals surface area contributed by atoms with E-state index in [2.05, 4.69) is 15.5 Å². The third kappa shape index (κ3) is 3.54. The molecule has 1 amide bonds. The molecule has 2 aromatic rings. The standard InChI is InChI=1S/C11H15N5OS2/c1-8(10(17)15(2)3)19-11-12-13-14-16(11)7-9-5-4-6-18-9/h4-6,8H,7H2,1-3H3/t8-/m1/s1. The number of hydrogen-bond acceptors (Lipinski definition) is 6. The molecule has 0 aliphatic heterocycles. The van der Waals surface area contributed by atoms with Crippen LogP contribution in [0.15, 0.2) is 22.7 Å². The monoisotopic (exact) mass is 297 g/mol. The lowest BCUT2D eigenvalue weighted by Gasteiger charge is -2.15. The average molecular weight is 297 g/mol. The molecule has 0 aliphatic carbocycles. The van der Waals surface area contributed by atoms with Crippen LogP contribution in [-0.2, 0) is 11.3 Å². The van der Waals surface area contributed by atoms with Gasteiger partial charge in [-0.25, -0.2) is 4.68 Å². The van der Waals surface area contributed by atoms with Crippen LogP contribution in [0.3, 0.4) is 0 Å². The number of nitrogens with zero attached hydrogens (tertiary/aromatic N) is 5. The van der Waals surface area contributed by atoms with Gasteiger partial charge in [0.15, 0.2) is 0 Å². The first-order valence-electron chi connectivity index (χ1n) is 5.74. The molecule has 0 unspecified atom stereocenters. The Morgan fingerprint density at radius 1 is 1.58 bits per heavy atom. The van der Waals surface area contributed by atoms with Gasteiger partial charge in [-0.3, -0.25) is 4.79 Å². The van der Waals surface area contributed by atoms with Gasteiger partial charge in [0, 0.05) is 19.0 Å². The highest BCUT2D eigenvalue weighted by Gasteiger charge is 2.19. The molecular formula is C11H15N5OS2. The first-order chi connectivity index (χ1) is 9.08. The summed E-state index contributed by atoms with van der Waals surface area (Å²) in [5.74, 6) is 0.0515. The fraction of sp³-hybridized carbons (Fsp3) is 0.455. The zero-order valence-corrected chi connectivity index (χ0v) is 12.6. The average Bonchev–Trinajstić information content (AvgIpc) is 3.01. The van der Waals surface area contributed by atoms with Crippen LogP contribution in [0.2, 0.25) is 0 Å². The van der Waals surface area contributed by atoms with Crippen molar-refractivity contribution in [3.63, 3.8) is 0 Å². The lowest BCUT2D eigenvalue weighted by atomic mass is 10.4. The van der Waals surface area contributed by atoms with E-state index in [0.717, 1.165) is 0 Å². The number of hydrogen-bond donors (Lipinski definition) is 0. The number of carbonyl (C=O) groups excluding carboxylic acids is 1. The lowest BCUT2D eigenvalue weighted by molar-refractivity contribution is -0.127. The van der Waals surface area contributed by atoms with Gasteiger partial charge in [0.25, 0.3) is 0 Å². The molecule has 2 rings (SSSR count). The van der Waals surface area contributed by atoms with E-state index in [1.54, 1.807) is 35.0 Å². The van der Waals surface area contributed by atoms with E-state index in [1.807, 2.05) is 24.4 Å². The molecule has 0 fully saturated rings. The van der Waals surface area contributed by atoms with Crippen molar-refractivity contribution in [1.29, 1.82) is 0 Å².